The lowest BCUT2D eigenvalue weighted by molar-refractivity contribution is -0.137. The first-order valence-electron chi connectivity index (χ1n) is 13.9. The molecule has 0 radical (unpaired) electrons. The lowest BCUT2D eigenvalue weighted by Gasteiger charge is -2.25. The van der Waals surface area contributed by atoms with Gasteiger partial charge in [-0.1, -0.05) is 75.4 Å². The van der Waals surface area contributed by atoms with E-state index in [9.17, 15) is 36.6 Å². The summed E-state index contributed by atoms with van der Waals surface area (Å²) >= 11 is 0. The largest absolute Gasteiger partial charge is 0.508 e. The highest BCUT2D eigenvalue weighted by Crippen LogP contribution is 2.44. The van der Waals surface area contributed by atoms with E-state index in [4.69, 9.17) is 9.47 Å². The second-order valence-electron chi connectivity index (χ2n) is 11.6. The maximum atomic E-state index is 14.4. The van der Waals surface area contributed by atoms with Crippen molar-refractivity contribution in [1.82, 2.24) is 5.32 Å². The van der Waals surface area contributed by atoms with Crippen molar-refractivity contribution in [1.29, 1.82) is 0 Å². The van der Waals surface area contributed by atoms with Gasteiger partial charge in [0.25, 0.3) is 0 Å². The number of carbonyl (C=O) groups is 2. The number of aromatic hydroxyl groups is 1. The summed E-state index contributed by atoms with van der Waals surface area (Å²) in [5.74, 6) is -15.4. The van der Waals surface area contributed by atoms with Gasteiger partial charge >= 0.3 is 12.1 Å². The van der Waals surface area contributed by atoms with Crippen LogP contribution in [0.15, 0.2) is 66.7 Å². The van der Waals surface area contributed by atoms with Crippen LogP contribution in [0.1, 0.15) is 48.9 Å². The van der Waals surface area contributed by atoms with Gasteiger partial charge in [-0.25, -0.2) is 22.8 Å². The molecule has 4 aromatic rings. The second-order valence-corrected chi connectivity index (χ2v) is 11.6. The Bertz CT molecular complexity index is 1730. The lowest BCUT2D eigenvalue weighted by atomic mass is 9.82. The monoisotopic (exact) mass is 625 g/mol. The molecule has 0 spiro atoms. The Morgan fingerprint density at radius 3 is 1.91 bits per heavy atom. The zero-order valence-electron chi connectivity index (χ0n) is 24.4. The van der Waals surface area contributed by atoms with E-state index in [2.05, 4.69) is 5.32 Å². The molecule has 6 nitrogen and oxygen atoms in total. The average molecular weight is 626 g/mol. The Kier molecular flexibility index (Phi) is 8.55. The van der Waals surface area contributed by atoms with Crippen molar-refractivity contribution in [2.75, 3.05) is 6.61 Å². The molecule has 0 aliphatic heterocycles. The number of rotatable bonds is 7. The highest BCUT2D eigenvalue weighted by molar-refractivity contribution is 5.84. The molecule has 2 N–H and O–H groups in total. The van der Waals surface area contributed by atoms with E-state index in [-0.39, 0.29) is 24.7 Å². The van der Waals surface area contributed by atoms with Crippen LogP contribution in [-0.4, -0.2) is 29.8 Å². The van der Waals surface area contributed by atoms with Gasteiger partial charge in [0.15, 0.2) is 0 Å². The number of hydrogen-bond acceptors (Lipinski definition) is 5. The summed E-state index contributed by atoms with van der Waals surface area (Å²) in [6.07, 6.45) is -1.43. The Labute approximate surface area is 255 Å². The highest BCUT2D eigenvalue weighted by atomic mass is 19.2. The predicted octanol–water partition coefficient (Wildman–Crippen LogP) is 7.44. The molecule has 1 amide bonds. The molecular formula is C34H28F5NO5. The third-order valence-corrected chi connectivity index (χ3v) is 7.62. The molecule has 45 heavy (non-hydrogen) atoms. The van der Waals surface area contributed by atoms with Gasteiger partial charge in [-0.2, -0.15) is 8.78 Å². The fourth-order valence-electron chi connectivity index (χ4n) is 5.48. The maximum Gasteiger partial charge on any atom is 0.407 e. The van der Waals surface area contributed by atoms with Crippen LogP contribution in [0.25, 0.3) is 11.1 Å². The minimum atomic E-state index is -2.42. The molecule has 1 aliphatic rings. The summed E-state index contributed by atoms with van der Waals surface area (Å²) in [6, 6.07) is 17.8. The molecule has 5 rings (SSSR count). The molecule has 1 atom stereocenters. The summed E-state index contributed by atoms with van der Waals surface area (Å²) < 4.78 is 80.2. The van der Waals surface area contributed by atoms with Crippen molar-refractivity contribution in [3.63, 3.8) is 0 Å². The van der Waals surface area contributed by atoms with Crippen LogP contribution in [0.2, 0.25) is 0 Å². The average Bonchev–Trinajstić information content (AvgIpc) is 3.33. The SMILES string of the molecule is CC(C)(C)c1cc(O)ccc1C[C@H](NC(=O)OCC1c2ccccc2-c2ccccc21)C(=O)Oc1c(F)c(F)c(F)c(F)c1F. The van der Waals surface area contributed by atoms with Crippen LogP contribution < -0.4 is 10.1 Å². The first-order valence-corrected chi connectivity index (χ1v) is 13.9. The standard InChI is InChI=1S/C34H28F5NO5/c1-34(2,3)24-15-18(41)13-12-17(24)14-25(32(42)45-31-29(38)27(36)26(35)28(37)30(31)39)40-33(43)44-16-23-21-10-6-4-8-19(21)20-9-5-7-11-22(20)23/h4-13,15,23,25,41H,14,16H2,1-3H3,(H,40,43)/t25-/m0/s1. The minimum Gasteiger partial charge on any atom is -0.508 e. The fourth-order valence-corrected chi connectivity index (χ4v) is 5.48. The predicted molar refractivity (Wildman–Crippen MR) is 154 cm³/mol. The van der Waals surface area contributed by atoms with E-state index in [1.165, 1.54) is 18.2 Å². The number of halogens is 5. The number of nitrogens with one attached hydrogen (secondary N) is 1. The molecule has 0 saturated carbocycles. The van der Waals surface area contributed by atoms with Crippen molar-refractivity contribution < 1.29 is 46.1 Å². The number of fused-ring (bicyclic) bond motifs is 3. The van der Waals surface area contributed by atoms with Crippen LogP contribution >= 0.6 is 0 Å². The Balaban J connectivity index is 1.42. The van der Waals surface area contributed by atoms with Crippen LogP contribution in [0.3, 0.4) is 0 Å². The fraction of sp³-hybridized carbons (Fsp3) is 0.235. The molecule has 234 valence electrons. The summed E-state index contributed by atoms with van der Waals surface area (Å²) in [7, 11) is 0. The number of esters is 1. The van der Waals surface area contributed by atoms with E-state index >= 15 is 0 Å². The van der Waals surface area contributed by atoms with E-state index in [1.54, 1.807) is 0 Å². The van der Waals surface area contributed by atoms with Crippen molar-refractivity contribution >= 4 is 12.1 Å². The molecule has 4 aromatic carbocycles. The Morgan fingerprint density at radius 1 is 0.822 bits per heavy atom. The lowest BCUT2D eigenvalue weighted by Crippen LogP contribution is -2.45. The molecule has 0 saturated heterocycles. The number of phenols is 1. The van der Waals surface area contributed by atoms with Crippen molar-refractivity contribution in [3.05, 3.63) is 118 Å². The Hall–Kier alpha value is -4.93. The quantitative estimate of drug-likeness (QED) is 0.0734. The van der Waals surface area contributed by atoms with Crippen LogP contribution in [0, 0.1) is 29.1 Å². The smallest absolute Gasteiger partial charge is 0.407 e. The summed E-state index contributed by atoms with van der Waals surface area (Å²) in [5, 5.41) is 12.4. The number of hydrogen-bond donors (Lipinski definition) is 2. The molecule has 1 aliphatic carbocycles. The first-order chi connectivity index (χ1) is 21.3. The van der Waals surface area contributed by atoms with Crippen LogP contribution in [0.4, 0.5) is 26.7 Å². The molecule has 0 bridgehead atoms. The van der Waals surface area contributed by atoms with Crippen LogP contribution in [-0.2, 0) is 21.4 Å². The van der Waals surface area contributed by atoms with Gasteiger partial charge in [0.2, 0.25) is 34.8 Å². The van der Waals surface area contributed by atoms with Crippen molar-refractivity contribution in [2.24, 2.45) is 0 Å². The minimum absolute atomic E-state index is 0.0753. The van der Waals surface area contributed by atoms with Gasteiger partial charge in [0.05, 0.1) is 0 Å². The summed E-state index contributed by atoms with van der Waals surface area (Å²) in [5.41, 5.74) is 4.22. The number of alkyl carbamates (subject to hydrolysis) is 1. The van der Waals surface area contributed by atoms with Gasteiger partial charge < -0.3 is 19.9 Å². The number of benzene rings is 4. The number of ether oxygens (including phenoxy) is 2. The number of phenolic OH excluding ortho intramolecular Hbond substituents is 1. The molecule has 0 unspecified atom stereocenters. The highest BCUT2D eigenvalue weighted by Gasteiger charge is 2.34. The second kappa shape index (κ2) is 12.2. The van der Waals surface area contributed by atoms with E-state index < -0.39 is 58.4 Å². The zero-order chi connectivity index (χ0) is 32.6. The molecule has 11 heteroatoms. The molecule has 0 aromatic heterocycles. The molecule has 0 heterocycles. The van der Waals surface area contributed by atoms with Crippen molar-refractivity contribution in [2.45, 2.75) is 44.6 Å². The third-order valence-electron chi connectivity index (χ3n) is 7.62. The van der Waals surface area contributed by atoms with Crippen molar-refractivity contribution in [3.8, 4) is 22.6 Å². The number of carbonyl (C=O) groups excluding carboxylic acids is 2. The first kappa shape index (κ1) is 31.5. The van der Waals surface area contributed by atoms with E-state index in [0.717, 1.165) is 22.3 Å². The topological polar surface area (TPSA) is 84.9 Å². The maximum absolute atomic E-state index is 14.4. The van der Waals surface area contributed by atoms with Gasteiger partial charge in [-0.05, 0) is 50.9 Å². The van der Waals surface area contributed by atoms with Gasteiger partial charge in [0, 0.05) is 12.3 Å². The van der Waals surface area contributed by atoms with Crippen LogP contribution in [0.5, 0.6) is 11.5 Å². The van der Waals surface area contributed by atoms with Gasteiger partial charge in [0.1, 0.15) is 18.4 Å². The normalized spacial score (nSPS) is 13.2. The third kappa shape index (κ3) is 6.20. The van der Waals surface area contributed by atoms with E-state index in [0.29, 0.717) is 11.1 Å². The molecular weight excluding hydrogens is 597 g/mol. The van der Waals surface area contributed by atoms with Gasteiger partial charge in [-0.3, -0.25) is 0 Å². The zero-order valence-corrected chi connectivity index (χ0v) is 24.4. The van der Waals surface area contributed by atoms with E-state index in [1.807, 2.05) is 69.3 Å². The Morgan fingerprint density at radius 2 is 1.36 bits per heavy atom. The summed E-state index contributed by atoms with van der Waals surface area (Å²) in [4.78, 5) is 26.4. The summed E-state index contributed by atoms with van der Waals surface area (Å²) in [6.45, 7) is 5.34. The number of amides is 1. The van der Waals surface area contributed by atoms with Gasteiger partial charge in [-0.15, -0.1) is 0 Å². The molecule has 0 fully saturated rings.